The number of nitrogens with one attached hydrogen (secondary N) is 2. The molecule has 1 aromatic carbocycles. The minimum atomic E-state index is -0.525. The van der Waals surface area contributed by atoms with Gasteiger partial charge in [-0.15, -0.1) is 0 Å². The van der Waals surface area contributed by atoms with E-state index < -0.39 is 5.92 Å². The van der Waals surface area contributed by atoms with Crippen molar-refractivity contribution >= 4 is 5.95 Å². The standard InChI is InChI=1S/C17H16N6/c18-12-14(16-19-10-11-20-16)15-7-9-22-17(23-15)21-8-6-13-4-2-1-3-5-13/h1-5,7,9-11,14H,6,8H2,(H,19,20)(H,21,22,23). The molecule has 3 rings (SSSR count). The Morgan fingerprint density at radius 1 is 1.13 bits per heavy atom. The Balaban J connectivity index is 1.67. The van der Waals surface area contributed by atoms with Crippen molar-refractivity contribution in [3.8, 4) is 6.07 Å². The molecule has 0 saturated heterocycles. The molecule has 0 spiro atoms. The van der Waals surface area contributed by atoms with Crippen LogP contribution in [0, 0.1) is 11.3 Å². The molecule has 2 aromatic heterocycles. The number of imidazole rings is 1. The Bertz CT molecular complexity index is 776. The number of rotatable bonds is 6. The van der Waals surface area contributed by atoms with Crippen molar-refractivity contribution in [2.45, 2.75) is 12.3 Å². The van der Waals surface area contributed by atoms with Gasteiger partial charge in [0.05, 0.1) is 11.8 Å². The summed E-state index contributed by atoms with van der Waals surface area (Å²) in [5.74, 6) is 0.578. The number of nitriles is 1. The van der Waals surface area contributed by atoms with Crippen molar-refractivity contribution in [3.63, 3.8) is 0 Å². The predicted octanol–water partition coefficient (Wildman–Crippen LogP) is 2.51. The number of H-pyrrole nitrogens is 1. The number of hydrogen-bond donors (Lipinski definition) is 2. The highest BCUT2D eigenvalue weighted by Gasteiger charge is 2.17. The molecule has 0 saturated carbocycles. The zero-order valence-corrected chi connectivity index (χ0v) is 12.5. The highest BCUT2D eigenvalue weighted by molar-refractivity contribution is 5.32. The van der Waals surface area contributed by atoms with Gasteiger partial charge >= 0.3 is 0 Å². The van der Waals surface area contributed by atoms with E-state index in [1.807, 2.05) is 18.2 Å². The van der Waals surface area contributed by atoms with E-state index in [1.165, 1.54) is 5.56 Å². The molecule has 0 radical (unpaired) electrons. The summed E-state index contributed by atoms with van der Waals surface area (Å²) in [6.45, 7) is 0.728. The molecule has 2 N–H and O–H groups in total. The molecule has 0 aliphatic rings. The summed E-state index contributed by atoms with van der Waals surface area (Å²) in [7, 11) is 0. The molecule has 0 bridgehead atoms. The van der Waals surface area contributed by atoms with Gasteiger partial charge in [-0.1, -0.05) is 30.3 Å². The van der Waals surface area contributed by atoms with E-state index in [2.05, 4.69) is 43.5 Å². The zero-order chi connectivity index (χ0) is 15.9. The lowest BCUT2D eigenvalue weighted by Gasteiger charge is -2.09. The Labute approximate surface area is 134 Å². The number of hydrogen-bond acceptors (Lipinski definition) is 5. The number of anilines is 1. The van der Waals surface area contributed by atoms with Crippen molar-refractivity contribution in [2.75, 3.05) is 11.9 Å². The molecule has 2 heterocycles. The van der Waals surface area contributed by atoms with Crippen LogP contribution < -0.4 is 5.32 Å². The molecule has 0 aliphatic heterocycles. The lowest BCUT2D eigenvalue weighted by atomic mass is 10.1. The average Bonchev–Trinajstić information content (AvgIpc) is 3.11. The first-order chi connectivity index (χ1) is 11.4. The normalized spacial score (nSPS) is 11.6. The van der Waals surface area contributed by atoms with Crippen LogP contribution in [0.3, 0.4) is 0 Å². The summed E-state index contributed by atoms with van der Waals surface area (Å²) in [5, 5.41) is 12.6. The number of aromatic amines is 1. The molecule has 23 heavy (non-hydrogen) atoms. The Morgan fingerprint density at radius 3 is 2.74 bits per heavy atom. The maximum Gasteiger partial charge on any atom is 0.222 e. The van der Waals surface area contributed by atoms with Gasteiger partial charge < -0.3 is 10.3 Å². The summed E-state index contributed by atoms with van der Waals surface area (Å²) in [6, 6.07) is 14.2. The smallest absolute Gasteiger partial charge is 0.222 e. The lowest BCUT2D eigenvalue weighted by Crippen LogP contribution is -2.10. The minimum Gasteiger partial charge on any atom is -0.354 e. The fraction of sp³-hybridized carbons (Fsp3) is 0.176. The van der Waals surface area contributed by atoms with E-state index in [0.717, 1.165) is 13.0 Å². The van der Waals surface area contributed by atoms with Gasteiger partial charge in [0.15, 0.2) is 0 Å². The average molecular weight is 304 g/mol. The Morgan fingerprint density at radius 2 is 2.00 bits per heavy atom. The van der Waals surface area contributed by atoms with Crippen LogP contribution >= 0.6 is 0 Å². The van der Waals surface area contributed by atoms with Gasteiger partial charge in [0.2, 0.25) is 5.95 Å². The fourth-order valence-corrected chi connectivity index (χ4v) is 2.28. The maximum absolute atomic E-state index is 9.38. The van der Waals surface area contributed by atoms with Crippen LogP contribution in [-0.2, 0) is 6.42 Å². The largest absolute Gasteiger partial charge is 0.354 e. The fourth-order valence-electron chi connectivity index (χ4n) is 2.28. The van der Waals surface area contributed by atoms with E-state index in [0.29, 0.717) is 17.5 Å². The Kier molecular flexibility index (Phi) is 4.60. The third kappa shape index (κ3) is 3.71. The van der Waals surface area contributed by atoms with E-state index in [-0.39, 0.29) is 0 Å². The Hall–Kier alpha value is -3.20. The topological polar surface area (TPSA) is 90.3 Å². The van der Waals surface area contributed by atoms with Gasteiger partial charge in [0.25, 0.3) is 0 Å². The van der Waals surface area contributed by atoms with Gasteiger partial charge in [0, 0.05) is 25.1 Å². The molecule has 0 aliphatic carbocycles. The molecule has 3 aromatic rings. The van der Waals surface area contributed by atoms with E-state index >= 15 is 0 Å². The van der Waals surface area contributed by atoms with E-state index in [1.54, 1.807) is 24.7 Å². The highest BCUT2D eigenvalue weighted by atomic mass is 15.1. The van der Waals surface area contributed by atoms with Crippen LogP contribution in [0.15, 0.2) is 55.0 Å². The molecule has 1 unspecified atom stereocenters. The first kappa shape index (κ1) is 14.7. The summed E-state index contributed by atoms with van der Waals surface area (Å²) >= 11 is 0. The second kappa shape index (κ2) is 7.18. The molecular formula is C17H16N6. The zero-order valence-electron chi connectivity index (χ0n) is 12.5. The first-order valence-corrected chi connectivity index (χ1v) is 7.36. The molecule has 6 heteroatoms. The molecule has 1 atom stereocenters. The van der Waals surface area contributed by atoms with Crippen LogP contribution in [0.1, 0.15) is 23.0 Å². The van der Waals surface area contributed by atoms with E-state index in [4.69, 9.17) is 0 Å². The molecule has 0 fully saturated rings. The van der Waals surface area contributed by atoms with Crippen LogP contribution in [0.2, 0.25) is 0 Å². The minimum absolute atomic E-state index is 0.519. The lowest BCUT2D eigenvalue weighted by molar-refractivity contribution is 0.870. The van der Waals surface area contributed by atoms with Gasteiger partial charge in [-0.05, 0) is 18.1 Å². The SMILES string of the molecule is N#CC(c1ccnc(NCCc2ccccc2)n1)c1ncc[nH]1. The van der Waals surface area contributed by atoms with Crippen LogP contribution in [0.4, 0.5) is 5.95 Å². The van der Waals surface area contributed by atoms with Gasteiger partial charge in [-0.25, -0.2) is 15.0 Å². The predicted molar refractivity (Wildman–Crippen MR) is 86.7 cm³/mol. The number of benzene rings is 1. The van der Waals surface area contributed by atoms with Crippen LogP contribution in [0.25, 0.3) is 0 Å². The molecule has 6 nitrogen and oxygen atoms in total. The third-order valence-corrected chi connectivity index (χ3v) is 3.43. The van der Waals surface area contributed by atoms with Crippen LogP contribution in [0.5, 0.6) is 0 Å². The van der Waals surface area contributed by atoms with Gasteiger partial charge in [0.1, 0.15) is 11.7 Å². The van der Waals surface area contributed by atoms with Crippen molar-refractivity contribution in [2.24, 2.45) is 0 Å². The monoisotopic (exact) mass is 304 g/mol. The quantitative estimate of drug-likeness (QED) is 0.730. The second-order valence-corrected chi connectivity index (χ2v) is 5.00. The number of aromatic nitrogens is 4. The van der Waals surface area contributed by atoms with Gasteiger partial charge in [-0.2, -0.15) is 5.26 Å². The van der Waals surface area contributed by atoms with E-state index in [9.17, 15) is 5.26 Å². The van der Waals surface area contributed by atoms with Gasteiger partial charge in [-0.3, -0.25) is 0 Å². The summed E-state index contributed by atoms with van der Waals surface area (Å²) in [5.41, 5.74) is 1.88. The maximum atomic E-state index is 9.38. The summed E-state index contributed by atoms with van der Waals surface area (Å²) in [4.78, 5) is 15.7. The van der Waals surface area contributed by atoms with Crippen molar-refractivity contribution < 1.29 is 0 Å². The first-order valence-electron chi connectivity index (χ1n) is 7.36. The van der Waals surface area contributed by atoms with Crippen LogP contribution in [-0.4, -0.2) is 26.5 Å². The number of nitrogens with zero attached hydrogens (tertiary/aromatic N) is 4. The molecule has 114 valence electrons. The summed E-state index contributed by atoms with van der Waals surface area (Å²) < 4.78 is 0. The summed E-state index contributed by atoms with van der Waals surface area (Å²) in [6.07, 6.45) is 5.86. The molecular weight excluding hydrogens is 288 g/mol. The third-order valence-electron chi connectivity index (χ3n) is 3.43. The van der Waals surface area contributed by atoms with Crippen molar-refractivity contribution in [1.29, 1.82) is 5.26 Å². The second-order valence-electron chi connectivity index (χ2n) is 5.00. The van der Waals surface area contributed by atoms with Crippen molar-refractivity contribution in [3.05, 3.63) is 72.1 Å². The highest BCUT2D eigenvalue weighted by Crippen LogP contribution is 2.19. The molecule has 0 amide bonds. The van der Waals surface area contributed by atoms with Crippen molar-refractivity contribution in [1.82, 2.24) is 19.9 Å².